The van der Waals surface area contributed by atoms with Crippen LogP contribution in [0.25, 0.3) is 10.9 Å². The van der Waals surface area contributed by atoms with E-state index in [0.717, 1.165) is 28.7 Å². The number of aryl methyl sites for hydroxylation is 3. The molecule has 2 heterocycles. The first-order chi connectivity index (χ1) is 18.1. The maximum absolute atomic E-state index is 13.0. The summed E-state index contributed by atoms with van der Waals surface area (Å²) in [4.78, 5) is 18.2. The predicted octanol–water partition coefficient (Wildman–Crippen LogP) is 4.28. The number of nitrogens with one attached hydrogen (secondary N) is 1. The van der Waals surface area contributed by atoms with Crippen LogP contribution in [0.15, 0.2) is 83.7 Å². The van der Waals surface area contributed by atoms with Crippen molar-refractivity contribution in [2.75, 3.05) is 7.11 Å². The number of nitrogens with zero attached hydrogens (tertiary/aromatic N) is 5. The molecule has 2 aromatic heterocycles. The average molecular weight is 495 g/mol. The van der Waals surface area contributed by atoms with Gasteiger partial charge in [0.1, 0.15) is 5.75 Å². The molecule has 37 heavy (non-hydrogen) atoms. The van der Waals surface area contributed by atoms with Gasteiger partial charge < -0.3 is 9.72 Å². The van der Waals surface area contributed by atoms with Crippen LogP contribution < -0.4 is 10.3 Å². The summed E-state index contributed by atoms with van der Waals surface area (Å²) in [6.45, 7) is 4.38. The van der Waals surface area contributed by atoms with Gasteiger partial charge in [0.15, 0.2) is 5.82 Å². The van der Waals surface area contributed by atoms with E-state index in [-0.39, 0.29) is 5.56 Å². The molecule has 0 radical (unpaired) electrons. The Morgan fingerprint density at radius 3 is 2.51 bits per heavy atom. The summed E-state index contributed by atoms with van der Waals surface area (Å²) >= 11 is 0. The van der Waals surface area contributed by atoms with Crippen LogP contribution in [-0.2, 0) is 32.6 Å². The normalized spacial score (nSPS) is 11.3. The number of tetrazole rings is 1. The highest BCUT2D eigenvalue weighted by Crippen LogP contribution is 2.20. The van der Waals surface area contributed by atoms with Crippen LogP contribution in [0.5, 0.6) is 5.75 Å². The monoisotopic (exact) mass is 494 g/mol. The number of hydrogen-bond donors (Lipinski definition) is 1. The third-order valence-corrected chi connectivity index (χ3v) is 6.48. The van der Waals surface area contributed by atoms with E-state index in [2.05, 4.69) is 68.7 Å². The van der Waals surface area contributed by atoms with Crippen molar-refractivity contribution in [1.82, 2.24) is 30.1 Å². The molecule has 188 valence electrons. The Balaban J connectivity index is 1.40. The van der Waals surface area contributed by atoms with Gasteiger partial charge in [0.2, 0.25) is 0 Å². The molecule has 0 aliphatic carbocycles. The highest BCUT2D eigenvalue weighted by atomic mass is 16.5. The number of H-pyrrole nitrogens is 1. The summed E-state index contributed by atoms with van der Waals surface area (Å²) in [5.74, 6) is 1.48. The summed E-state index contributed by atoms with van der Waals surface area (Å²) in [6.07, 6.45) is 0.838. The summed E-state index contributed by atoms with van der Waals surface area (Å²) < 4.78 is 7.15. The van der Waals surface area contributed by atoms with Gasteiger partial charge in [-0.15, -0.1) is 5.10 Å². The number of hydrogen-bond acceptors (Lipinski definition) is 6. The number of rotatable bonds is 10. The second-order valence-corrected chi connectivity index (χ2v) is 9.26. The third kappa shape index (κ3) is 6.10. The van der Waals surface area contributed by atoms with Gasteiger partial charge in [-0.2, -0.15) is 0 Å². The second-order valence-electron chi connectivity index (χ2n) is 9.26. The van der Waals surface area contributed by atoms with Crippen LogP contribution in [0.1, 0.15) is 28.1 Å². The molecule has 0 fully saturated rings. The van der Waals surface area contributed by atoms with Crippen molar-refractivity contribution >= 4 is 10.9 Å². The molecule has 0 saturated carbocycles. The van der Waals surface area contributed by atoms with Crippen molar-refractivity contribution in [2.45, 2.75) is 39.5 Å². The molecule has 5 aromatic rings. The molecule has 0 aliphatic rings. The third-order valence-electron chi connectivity index (χ3n) is 6.48. The molecular formula is C29H30N6O2. The lowest BCUT2D eigenvalue weighted by Gasteiger charge is -2.22. The van der Waals surface area contributed by atoms with Gasteiger partial charge in [0.25, 0.3) is 5.56 Å². The second kappa shape index (κ2) is 11.2. The highest BCUT2D eigenvalue weighted by molar-refractivity contribution is 5.80. The van der Waals surface area contributed by atoms with E-state index in [4.69, 9.17) is 4.74 Å². The molecule has 5 rings (SSSR count). The fourth-order valence-electron chi connectivity index (χ4n) is 4.42. The number of fused-ring (bicyclic) bond motifs is 1. The largest absolute Gasteiger partial charge is 0.497 e. The van der Waals surface area contributed by atoms with Crippen LogP contribution in [0.2, 0.25) is 0 Å². The Bertz CT molecular complexity index is 1530. The number of aromatic nitrogens is 5. The molecular weight excluding hydrogens is 464 g/mol. The van der Waals surface area contributed by atoms with Crippen molar-refractivity contribution in [3.05, 3.63) is 117 Å². The van der Waals surface area contributed by atoms with Crippen LogP contribution in [0.4, 0.5) is 0 Å². The fourth-order valence-corrected chi connectivity index (χ4v) is 4.42. The molecule has 0 amide bonds. The maximum Gasteiger partial charge on any atom is 0.252 e. The van der Waals surface area contributed by atoms with E-state index in [9.17, 15) is 4.79 Å². The quantitative estimate of drug-likeness (QED) is 0.312. The van der Waals surface area contributed by atoms with Crippen molar-refractivity contribution in [3.63, 3.8) is 0 Å². The first-order valence-corrected chi connectivity index (χ1v) is 12.3. The lowest BCUT2D eigenvalue weighted by Crippen LogP contribution is -2.28. The summed E-state index contributed by atoms with van der Waals surface area (Å²) in [7, 11) is 1.62. The van der Waals surface area contributed by atoms with Crippen molar-refractivity contribution in [1.29, 1.82) is 0 Å². The van der Waals surface area contributed by atoms with E-state index < -0.39 is 0 Å². The molecule has 0 aliphatic heterocycles. The van der Waals surface area contributed by atoms with E-state index >= 15 is 0 Å². The first kappa shape index (κ1) is 24.4. The summed E-state index contributed by atoms with van der Waals surface area (Å²) in [5.41, 5.74) is 4.94. The Kier molecular flexibility index (Phi) is 7.37. The fraction of sp³-hybridized carbons (Fsp3) is 0.241. The lowest BCUT2D eigenvalue weighted by atomic mass is 10.1. The van der Waals surface area contributed by atoms with Crippen LogP contribution in [0.3, 0.4) is 0 Å². The molecule has 8 heteroatoms. The lowest BCUT2D eigenvalue weighted by molar-refractivity contribution is 0.235. The van der Waals surface area contributed by atoms with Crippen molar-refractivity contribution in [2.24, 2.45) is 0 Å². The summed E-state index contributed by atoms with van der Waals surface area (Å²) in [6, 6.07) is 26.4. The van der Waals surface area contributed by atoms with Gasteiger partial charge >= 0.3 is 0 Å². The molecule has 8 nitrogen and oxygen atoms in total. The van der Waals surface area contributed by atoms with Gasteiger partial charge in [-0.1, -0.05) is 60.2 Å². The van der Waals surface area contributed by atoms with E-state index in [1.54, 1.807) is 7.11 Å². The minimum absolute atomic E-state index is 0.113. The molecule has 3 aromatic carbocycles. The van der Waals surface area contributed by atoms with Gasteiger partial charge in [-0.3, -0.25) is 9.69 Å². The van der Waals surface area contributed by atoms with Crippen LogP contribution in [-0.4, -0.2) is 37.2 Å². The molecule has 0 unspecified atom stereocenters. The predicted molar refractivity (Wildman–Crippen MR) is 143 cm³/mol. The number of ether oxygens (including phenoxy) is 1. The average Bonchev–Trinajstić information content (AvgIpc) is 3.36. The Morgan fingerprint density at radius 2 is 1.73 bits per heavy atom. The van der Waals surface area contributed by atoms with Gasteiger partial charge in [0, 0.05) is 31.3 Å². The highest BCUT2D eigenvalue weighted by Gasteiger charge is 2.16. The summed E-state index contributed by atoms with van der Waals surface area (Å²) in [5, 5.41) is 13.5. The smallest absolute Gasteiger partial charge is 0.252 e. The molecule has 0 bridgehead atoms. The standard InChI is InChI=1S/C29H30N6O2/c1-21-8-10-23(11-9-21)18-34(19-25-16-24-12-13-26(37-2)17-27(24)30-29(25)36)20-28-31-32-33-35(28)15-14-22-6-4-3-5-7-22/h3-13,16-17H,14-15,18-20H2,1-2H3,(H,30,36). The zero-order valence-electron chi connectivity index (χ0n) is 21.1. The Hall–Kier alpha value is -4.30. The van der Waals surface area contributed by atoms with Gasteiger partial charge in [-0.25, -0.2) is 4.68 Å². The zero-order chi connectivity index (χ0) is 25.6. The minimum Gasteiger partial charge on any atom is -0.497 e. The Labute approximate surface area is 215 Å². The maximum atomic E-state index is 13.0. The molecule has 1 N–H and O–H groups in total. The van der Waals surface area contributed by atoms with Crippen molar-refractivity contribution < 1.29 is 4.74 Å². The van der Waals surface area contributed by atoms with E-state index in [1.807, 2.05) is 47.1 Å². The molecule has 0 spiro atoms. The first-order valence-electron chi connectivity index (χ1n) is 12.3. The number of benzene rings is 3. The van der Waals surface area contributed by atoms with E-state index in [1.165, 1.54) is 11.1 Å². The molecule has 0 saturated heterocycles. The van der Waals surface area contributed by atoms with Crippen LogP contribution >= 0.6 is 0 Å². The SMILES string of the molecule is COc1ccc2cc(CN(Cc3ccc(C)cc3)Cc3nnnn3CCc3ccccc3)c(=O)[nH]c2c1. The van der Waals surface area contributed by atoms with E-state index in [0.29, 0.717) is 37.5 Å². The van der Waals surface area contributed by atoms with Gasteiger partial charge in [-0.05, 0) is 58.5 Å². The Morgan fingerprint density at radius 1 is 0.919 bits per heavy atom. The zero-order valence-corrected chi connectivity index (χ0v) is 21.1. The number of aromatic amines is 1. The minimum atomic E-state index is -0.113. The number of methoxy groups -OCH3 is 1. The topological polar surface area (TPSA) is 88.9 Å². The molecule has 0 atom stereocenters. The van der Waals surface area contributed by atoms with Crippen molar-refractivity contribution in [3.8, 4) is 5.75 Å². The van der Waals surface area contributed by atoms with Gasteiger partial charge in [0.05, 0.1) is 19.2 Å². The number of pyridine rings is 1. The van der Waals surface area contributed by atoms with Crippen LogP contribution in [0, 0.1) is 6.92 Å².